The second-order valence-electron chi connectivity index (χ2n) is 2.21. The van der Waals surface area contributed by atoms with E-state index in [9.17, 15) is 0 Å². The molecule has 1 rings (SSSR count). The third-order valence-corrected chi connectivity index (χ3v) is 2.51. The summed E-state index contributed by atoms with van der Waals surface area (Å²) in [6.07, 6.45) is 3.16. The first-order valence-electron chi connectivity index (χ1n) is 2.87. The molecule has 0 radical (unpaired) electrons. The van der Waals surface area contributed by atoms with Crippen molar-refractivity contribution in [2.24, 2.45) is 4.99 Å². The Bertz CT molecular complexity index is 138. The van der Waals surface area contributed by atoms with Crippen LogP contribution in [-0.4, -0.2) is 26.9 Å². The third kappa shape index (κ3) is 1.67. The smallest absolute Gasteiger partial charge is 0.117 e. The van der Waals surface area contributed by atoms with Crippen LogP contribution in [0.15, 0.2) is 4.99 Å². The lowest BCUT2D eigenvalue weighted by Gasteiger charge is -2.25. The van der Waals surface area contributed by atoms with Crippen LogP contribution in [0.5, 0.6) is 0 Å². The van der Waals surface area contributed by atoms with E-state index in [1.165, 1.54) is 6.26 Å². The molecule has 4 heteroatoms. The Morgan fingerprint density at radius 1 is 1.56 bits per heavy atom. The summed E-state index contributed by atoms with van der Waals surface area (Å²) in [6, 6.07) is 0. The van der Waals surface area contributed by atoms with E-state index in [4.69, 9.17) is 9.11 Å². The molecular formula is C5H11NO2S. The average Bonchev–Trinajstić information content (AvgIpc) is 2.08. The molecule has 3 nitrogen and oxygen atoms in total. The van der Waals surface area contributed by atoms with Gasteiger partial charge < -0.3 is 0 Å². The first-order valence-corrected chi connectivity index (χ1v) is 4.83. The summed E-state index contributed by atoms with van der Waals surface area (Å²) in [5, 5.41) is 0.600. The largest absolute Gasteiger partial charge is 0.294 e. The van der Waals surface area contributed by atoms with Crippen LogP contribution in [0.1, 0.15) is 12.8 Å². The SMILES string of the molecule is CS(O)(O)C1=NCCC1. The zero-order valence-electron chi connectivity index (χ0n) is 5.37. The van der Waals surface area contributed by atoms with Crippen molar-refractivity contribution in [3.8, 4) is 0 Å². The third-order valence-electron chi connectivity index (χ3n) is 1.28. The maximum Gasteiger partial charge on any atom is 0.117 e. The van der Waals surface area contributed by atoms with Gasteiger partial charge in [-0.3, -0.25) is 14.1 Å². The minimum absolute atomic E-state index is 0.600. The first kappa shape index (κ1) is 7.05. The number of nitrogens with zero attached hydrogens (tertiary/aromatic N) is 1. The summed E-state index contributed by atoms with van der Waals surface area (Å²) in [7, 11) is -2.45. The first-order chi connectivity index (χ1) is 4.11. The Kier molecular flexibility index (Phi) is 1.79. The predicted molar refractivity (Wildman–Crippen MR) is 40.3 cm³/mol. The summed E-state index contributed by atoms with van der Waals surface area (Å²) >= 11 is 0. The van der Waals surface area contributed by atoms with Crippen molar-refractivity contribution in [2.45, 2.75) is 12.8 Å². The van der Waals surface area contributed by atoms with Crippen LogP contribution in [0.2, 0.25) is 0 Å². The Morgan fingerprint density at radius 3 is 2.44 bits per heavy atom. The van der Waals surface area contributed by atoms with E-state index in [1.807, 2.05) is 0 Å². The molecule has 0 amide bonds. The van der Waals surface area contributed by atoms with Gasteiger partial charge in [0.05, 0.1) is 0 Å². The van der Waals surface area contributed by atoms with Gasteiger partial charge in [-0.25, -0.2) is 0 Å². The fourth-order valence-electron chi connectivity index (χ4n) is 0.829. The zero-order valence-corrected chi connectivity index (χ0v) is 6.19. The molecule has 2 N–H and O–H groups in total. The lowest BCUT2D eigenvalue weighted by molar-refractivity contribution is 0.510. The predicted octanol–water partition coefficient (Wildman–Crippen LogP) is 1.56. The summed E-state index contributed by atoms with van der Waals surface area (Å²) in [5.41, 5.74) is 0. The van der Waals surface area contributed by atoms with Crippen molar-refractivity contribution in [3.05, 3.63) is 0 Å². The Labute approximate surface area is 56.2 Å². The van der Waals surface area contributed by atoms with Crippen molar-refractivity contribution in [1.82, 2.24) is 0 Å². The van der Waals surface area contributed by atoms with E-state index in [0.29, 0.717) is 5.04 Å². The van der Waals surface area contributed by atoms with Crippen LogP contribution < -0.4 is 0 Å². The summed E-state index contributed by atoms with van der Waals surface area (Å²) in [6.45, 7) is 0.763. The fraction of sp³-hybridized carbons (Fsp3) is 0.800. The molecule has 0 saturated carbocycles. The Balaban J connectivity index is 2.61. The van der Waals surface area contributed by atoms with Crippen LogP contribution in [0.25, 0.3) is 0 Å². The molecule has 0 aromatic rings. The van der Waals surface area contributed by atoms with Crippen LogP contribution in [0.4, 0.5) is 0 Å². The topological polar surface area (TPSA) is 52.8 Å². The molecule has 0 aromatic carbocycles. The van der Waals surface area contributed by atoms with Gasteiger partial charge in [0.15, 0.2) is 0 Å². The van der Waals surface area contributed by atoms with Gasteiger partial charge in [-0.2, -0.15) is 10.6 Å². The van der Waals surface area contributed by atoms with Gasteiger partial charge in [-0.15, -0.1) is 0 Å². The van der Waals surface area contributed by atoms with Crippen molar-refractivity contribution < 1.29 is 9.11 Å². The molecule has 0 aromatic heterocycles. The number of aliphatic imine (C=N–C) groups is 1. The summed E-state index contributed by atoms with van der Waals surface area (Å²) < 4.78 is 18.1. The normalized spacial score (nSPS) is 21.9. The van der Waals surface area contributed by atoms with E-state index in [0.717, 1.165) is 19.4 Å². The van der Waals surface area contributed by atoms with Crippen LogP contribution >= 0.6 is 10.6 Å². The summed E-state index contributed by atoms with van der Waals surface area (Å²) in [5.74, 6) is 0. The molecule has 0 spiro atoms. The number of hydrogen-bond donors (Lipinski definition) is 2. The quantitative estimate of drug-likeness (QED) is 0.549. The zero-order chi connectivity index (χ0) is 6.91. The number of rotatable bonds is 0. The van der Waals surface area contributed by atoms with Gasteiger partial charge in [-0.1, -0.05) is 0 Å². The molecule has 1 aliphatic rings. The standard InChI is InChI=1S/C5H11NO2S/c1-9(7,8)5-3-2-4-6-5/h7-8H,2-4H2,1H3. The average molecular weight is 149 g/mol. The van der Waals surface area contributed by atoms with Crippen molar-refractivity contribution >= 4 is 15.6 Å². The molecule has 0 fully saturated rings. The Morgan fingerprint density at radius 2 is 2.22 bits per heavy atom. The highest BCUT2D eigenvalue weighted by Gasteiger charge is 2.16. The van der Waals surface area contributed by atoms with E-state index in [1.54, 1.807) is 0 Å². The maximum atomic E-state index is 9.03. The summed E-state index contributed by atoms with van der Waals surface area (Å²) in [4.78, 5) is 3.96. The second-order valence-corrected chi connectivity index (χ2v) is 4.35. The van der Waals surface area contributed by atoms with E-state index < -0.39 is 10.6 Å². The fourth-order valence-corrected chi connectivity index (χ4v) is 1.70. The van der Waals surface area contributed by atoms with Gasteiger partial charge in [0, 0.05) is 19.2 Å². The molecule has 0 saturated heterocycles. The lowest BCUT2D eigenvalue weighted by Crippen LogP contribution is -2.05. The molecule has 0 atom stereocenters. The van der Waals surface area contributed by atoms with Crippen molar-refractivity contribution in [1.29, 1.82) is 0 Å². The molecule has 54 valence electrons. The highest BCUT2D eigenvalue weighted by atomic mass is 32.3. The second kappa shape index (κ2) is 2.28. The highest BCUT2D eigenvalue weighted by Crippen LogP contribution is 2.39. The molecule has 0 aliphatic carbocycles. The minimum Gasteiger partial charge on any atom is -0.294 e. The van der Waals surface area contributed by atoms with E-state index >= 15 is 0 Å². The van der Waals surface area contributed by atoms with Crippen molar-refractivity contribution in [2.75, 3.05) is 12.8 Å². The van der Waals surface area contributed by atoms with Crippen molar-refractivity contribution in [3.63, 3.8) is 0 Å². The molecule has 1 heterocycles. The van der Waals surface area contributed by atoms with Crippen LogP contribution in [0, 0.1) is 0 Å². The molecule has 0 bridgehead atoms. The molecular weight excluding hydrogens is 138 g/mol. The van der Waals surface area contributed by atoms with E-state index in [2.05, 4.69) is 4.99 Å². The van der Waals surface area contributed by atoms with Gasteiger partial charge in [0.1, 0.15) is 5.04 Å². The van der Waals surface area contributed by atoms with Crippen LogP contribution in [0.3, 0.4) is 0 Å². The van der Waals surface area contributed by atoms with Gasteiger partial charge in [-0.05, 0) is 6.42 Å². The molecule has 0 unspecified atom stereocenters. The minimum atomic E-state index is -2.45. The number of hydrogen-bond acceptors (Lipinski definition) is 3. The van der Waals surface area contributed by atoms with Gasteiger partial charge in [0.25, 0.3) is 0 Å². The highest BCUT2D eigenvalue weighted by molar-refractivity contribution is 8.36. The van der Waals surface area contributed by atoms with Gasteiger partial charge in [0.2, 0.25) is 0 Å². The molecule has 1 aliphatic heterocycles. The lowest BCUT2D eigenvalue weighted by atomic mass is 10.4. The Hall–Kier alpha value is -0.0600. The van der Waals surface area contributed by atoms with Crippen LogP contribution in [-0.2, 0) is 0 Å². The monoisotopic (exact) mass is 149 g/mol. The molecule has 9 heavy (non-hydrogen) atoms. The van der Waals surface area contributed by atoms with Gasteiger partial charge >= 0.3 is 0 Å². The van der Waals surface area contributed by atoms with E-state index in [-0.39, 0.29) is 0 Å². The maximum absolute atomic E-state index is 9.03.